The maximum atomic E-state index is 14.8. The van der Waals surface area contributed by atoms with E-state index in [9.17, 15) is 39.3 Å². The van der Waals surface area contributed by atoms with E-state index in [1.807, 2.05) is 18.2 Å². The molecule has 1 saturated heterocycles. The SMILES string of the molecule is CO[C@H]1C=CO[C@@]2(C)Oc3c(C)c(O)c4c(c3C2=O)C(=O)C(N2CCOCC2)=C(NC(=O)C(C)=CC=C[C@H](C)[C@H](O)[C@@H](C)[C@@H](O)[C@@H](C)[C@H](OC(=O)NCCCCc2ccccc2)[C@@H]1C)C4=O. The number of carbonyl (C=O) groups excluding carboxylic acids is 5. The highest BCUT2D eigenvalue weighted by atomic mass is 16.7. The van der Waals surface area contributed by atoms with E-state index in [4.69, 9.17) is 23.7 Å². The highest BCUT2D eigenvalue weighted by Crippen LogP contribution is 2.49. The van der Waals surface area contributed by atoms with Crippen LogP contribution < -0.4 is 15.4 Å². The van der Waals surface area contributed by atoms with E-state index in [1.165, 1.54) is 51.9 Å². The first-order valence-electron chi connectivity index (χ1n) is 22.6. The van der Waals surface area contributed by atoms with Crippen molar-refractivity contribution in [2.75, 3.05) is 40.0 Å². The Bertz CT molecular complexity index is 2300. The molecule has 2 amide bonds. The van der Waals surface area contributed by atoms with Crippen LogP contribution in [0.5, 0.6) is 11.5 Å². The summed E-state index contributed by atoms with van der Waals surface area (Å²) in [7, 11) is 1.44. The van der Waals surface area contributed by atoms with Crippen LogP contribution in [0.3, 0.4) is 0 Å². The molecule has 9 atom stereocenters. The summed E-state index contributed by atoms with van der Waals surface area (Å²) in [6.07, 6.45) is 4.96. The summed E-state index contributed by atoms with van der Waals surface area (Å²) in [6, 6.07) is 10.0. The molecule has 1 fully saturated rings. The number of ketones is 3. The Kier molecular flexibility index (Phi) is 16.0. The van der Waals surface area contributed by atoms with Gasteiger partial charge in [0.05, 0.1) is 54.5 Å². The lowest BCUT2D eigenvalue weighted by Crippen LogP contribution is -2.47. The van der Waals surface area contributed by atoms with E-state index in [-0.39, 0.29) is 65.7 Å². The van der Waals surface area contributed by atoms with Gasteiger partial charge in [0.1, 0.15) is 29.0 Å². The molecule has 0 spiro atoms. The van der Waals surface area contributed by atoms with Gasteiger partial charge in [0.25, 0.3) is 11.7 Å². The fourth-order valence-corrected chi connectivity index (χ4v) is 9.03. The molecule has 1 aliphatic carbocycles. The zero-order chi connectivity index (χ0) is 48.0. The molecule has 16 heteroatoms. The van der Waals surface area contributed by atoms with E-state index in [2.05, 4.69) is 22.8 Å². The summed E-state index contributed by atoms with van der Waals surface area (Å²) >= 11 is 0. The molecule has 0 saturated carbocycles. The standard InChI is InChI=1S/C50H63N3O13/c1-27-15-14-16-28(2)48(60)52-38-39(53-22-25-63-26-23-53)44(58)35-36(43(38)57)42(56)32(6)46-37(35)47(59)50(7,66-46)64-24-20-34(62-8)29(3)45(31(5)41(55)30(4)40(27)54)65-49(61)51-21-13-12-19-33-17-10-9-11-18-33/h9-11,14-18,20,24,27,29-31,34,40-41,45,54-56H,12-13,19,21-23,25-26H2,1-8H3,(H,51,61)(H,52,60)/t27-,29+,30+,31+,34-,40-,41+,45+,50-/m0/s1. The second-order valence-corrected chi connectivity index (χ2v) is 17.8. The number of alkyl carbamates (subject to hydrolysis) is 1. The van der Waals surface area contributed by atoms with Crippen molar-refractivity contribution in [3.05, 3.63) is 106 Å². The third-order valence-corrected chi connectivity index (χ3v) is 13.2. The van der Waals surface area contributed by atoms with Crippen LogP contribution in [-0.4, -0.2) is 120 Å². The monoisotopic (exact) mass is 913 g/mol. The van der Waals surface area contributed by atoms with Crippen LogP contribution in [0.4, 0.5) is 4.79 Å². The highest BCUT2D eigenvalue weighted by molar-refractivity contribution is 6.32. The fourth-order valence-electron chi connectivity index (χ4n) is 9.03. The molecule has 5 aliphatic rings. The average Bonchev–Trinajstić information content (AvgIpc) is 3.57. The minimum atomic E-state index is -2.10. The first kappa shape index (κ1) is 49.6. The molecule has 66 heavy (non-hydrogen) atoms. The number of aliphatic hydroxyl groups is 2. The minimum absolute atomic E-state index is 0.00211. The van der Waals surface area contributed by atoms with Crippen LogP contribution in [0.2, 0.25) is 0 Å². The van der Waals surface area contributed by atoms with Crippen LogP contribution in [0.1, 0.15) is 96.6 Å². The first-order valence-corrected chi connectivity index (χ1v) is 22.6. The zero-order valence-corrected chi connectivity index (χ0v) is 38.9. The number of aliphatic hydroxyl groups excluding tert-OH is 2. The number of aryl methyl sites for hydroxylation is 1. The van der Waals surface area contributed by atoms with Gasteiger partial charge >= 0.3 is 11.9 Å². The number of amides is 2. The number of nitrogens with one attached hydrogen (secondary N) is 2. The molecular weight excluding hydrogens is 851 g/mol. The molecule has 5 N–H and O–H groups in total. The molecular formula is C50H63N3O13. The summed E-state index contributed by atoms with van der Waals surface area (Å²) in [5.41, 5.74) is -0.301. The molecule has 7 rings (SSSR count). The zero-order valence-electron chi connectivity index (χ0n) is 38.9. The van der Waals surface area contributed by atoms with Gasteiger partial charge in [-0.05, 0) is 44.7 Å². The number of morpholine rings is 1. The van der Waals surface area contributed by atoms with E-state index < -0.39 is 94.5 Å². The van der Waals surface area contributed by atoms with Crippen molar-refractivity contribution in [1.82, 2.24) is 15.5 Å². The van der Waals surface area contributed by atoms with Gasteiger partial charge in [0.15, 0.2) is 0 Å². The number of carbonyl (C=O) groups is 5. The number of nitrogens with zero attached hydrogens (tertiary/aromatic N) is 1. The predicted molar refractivity (Wildman–Crippen MR) is 243 cm³/mol. The highest BCUT2D eigenvalue weighted by Gasteiger charge is 2.53. The van der Waals surface area contributed by atoms with Crippen LogP contribution in [0.25, 0.3) is 0 Å². The van der Waals surface area contributed by atoms with Crippen LogP contribution in [0.15, 0.2) is 77.9 Å². The molecule has 4 heterocycles. The number of hydrogen-bond acceptors (Lipinski definition) is 14. The van der Waals surface area contributed by atoms with Crippen molar-refractivity contribution < 1.29 is 63.0 Å². The number of aromatic hydroxyl groups is 1. The molecule has 0 radical (unpaired) electrons. The van der Waals surface area contributed by atoms with Crippen molar-refractivity contribution in [2.45, 2.75) is 97.9 Å². The maximum Gasteiger partial charge on any atom is 0.407 e. The summed E-state index contributed by atoms with van der Waals surface area (Å²) in [5.74, 6) is -8.73. The van der Waals surface area contributed by atoms with E-state index in [0.29, 0.717) is 13.0 Å². The summed E-state index contributed by atoms with van der Waals surface area (Å²) in [6.45, 7) is 12.4. The van der Waals surface area contributed by atoms with E-state index in [0.717, 1.165) is 12.8 Å². The number of unbranched alkanes of at least 4 members (excludes halogenated alkanes) is 1. The Morgan fingerprint density at radius 3 is 2.29 bits per heavy atom. The quantitative estimate of drug-likeness (QED) is 0.207. The van der Waals surface area contributed by atoms with Crippen molar-refractivity contribution in [1.29, 1.82) is 0 Å². The Morgan fingerprint density at radius 2 is 1.61 bits per heavy atom. The molecule has 356 valence electrons. The van der Waals surface area contributed by atoms with Gasteiger partial charge in [-0.25, -0.2) is 4.79 Å². The number of phenolic OH excluding ortho intramolecular Hbond substituents is 1. The Balaban J connectivity index is 1.36. The average molecular weight is 914 g/mol. The van der Waals surface area contributed by atoms with E-state index >= 15 is 0 Å². The molecule has 0 aromatic heterocycles. The number of Topliss-reactive ketones (excluding diaryl/α,β-unsaturated/α-hetero) is 3. The molecule has 16 nitrogen and oxygen atoms in total. The molecule has 2 aromatic carbocycles. The maximum absolute atomic E-state index is 14.8. The smallest absolute Gasteiger partial charge is 0.407 e. The van der Waals surface area contributed by atoms with Gasteiger partial charge < -0.3 is 54.5 Å². The lowest BCUT2D eigenvalue weighted by atomic mass is 9.78. The van der Waals surface area contributed by atoms with Gasteiger partial charge in [0.2, 0.25) is 11.6 Å². The third-order valence-electron chi connectivity index (χ3n) is 13.2. The van der Waals surface area contributed by atoms with Gasteiger partial charge in [0, 0.05) is 68.5 Å². The summed E-state index contributed by atoms with van der Waals surface area (Å²) in [4.78, 5) is 72.6. The number of benzene rings is 2. The Labute approximate surface area is 385 Å². The van der Waals surface area contributed by atoms with E-state index in [1.54, 1.807) is 44.7 Å². The van der Waals surface area contributed by atoms with Gasteiger partial charge in [-0.2, -0.15) is 0 Å². The van der Waals surface area contributed by atoms with Gasteiger partial charge in [-0.1, -0.05) is 76.3 Å². The molecule has 2 aromatic rings. The van der Waals surface area contributed by atoms with Gasteiger partial charge in [-0.15, -0.1) is 0 Å². The topological polar surface area (TPSA) is 219 Å². The van der Waals surface area contributed by atoms with Crippen molar-refractivity contribution in [3.8, 4) is 11.5 Å². The van der Waals surface area contributed by atoms with Crippen LogP contribution >= 0.6 is 0 Å². The lowest BCUT2D eigenvalue weighted by Gasteiger charge is -2.38. The second kappa shape index (κ2) is 21.2. The second-order valence-electron chi connectivity index (χ2n) is 17.8. The van der Waals surface area contributed by atoms with Crippen LogP contribution in [-0.2, 0) is 30.2 Å². The fraction of sp³-hybridized carbons (Fsp3) is 0.500. The number of rotatable bonds is 8. The number of methoxy groups -OCH3 is 1. The number of hydrogen-bond donors (Lipinski definition) is 5. The van der Waals surface area contributed by atoms with Crippen LogP contribution in [0, 0.1) is 30.6 Å². The predicted octanol–water partition coefficient (Wildman–Crippen LogP) is 5.48. The third kappa shape index (κ3) is 10.3. The Morgan fingerprint density at radius 1 is 0.909 bits per heavy atom. The van der Waals surface area contributed by atoms with Crippen molar-refractivity contribution >= 4 is 29.4 Å². The number of phenols is 1. The largest absolute Gasteiger partial charge is 0.507 e. The molecule has 4 aliphatic heterocycles. The Hall–Kier alpha value is -5.81. The normalized spacial score (nSPS) is 28.7. The number of allylic oxidation sites excluding steroid dienone is 4. The lowest BCUT2D eigenvalue weighted by molar-refractivity contribution is -0.116. The first-order chi connectivity index (χ1) is 31.4. The minimum Gasteiger partial charge on any atom is -0.507 e. The van der Waals surface area contributed by atoms with Gasteiger partial charge in [-0.3, -0.25) is 19.2 Å². The summed E-state index contributed by atoms with van der Waals surface area (Å²) in [5, 5.41) is 40.4. The molecule has 5 bridgehead atoms. The van der Waals surface area contributed by atoms with Crippen molar-refractivity contribution in [2.24, 2.45) is 23.7 Å². The number of ether oxygens (including phenoxy) is 5. The van der Waals surface area contributed by atoms with Crippen molar-refractivity contribution in [3.63, 3.8) is 0 Å². The molecule has 0 unspecified atom stereocenters. The number of fused-ring (bicyclic) bond motifs is 14. The summed E-state index contributed by atoms with van der Waals surface area (Å²) < 4.78 is 29.6.